The van der Waals surface area contributed by atoms with E-state index in [2.05, 4.69) is 0 Å². The highest BCUT2D eigenvalue weighted by molar-refractivity contribution is 8.01. The second kappa shape index (κ2) is 5.67. The van der Waals surface area contributed by atoms with Crippen LogP contribution in [-0.2, 0) is 19.9 Å². The van der Waals surface area contributed by atoms with Gasteiger partial charge >= 0.3 is 0 Å². The summed E-state index contributed by atoms with van der Waals surface area (Å²) < 4.78 is 46.8. The fourth-order valence-corrected chi connectivity index (χ4v) is 5.53. The highest BCUT2D eigenvalue weighted by atomic mass is 32.2. The van der Waals surface area contributed by atoms with Crippen LogP contribution in [0.2, 0.25) is 0 Å². The lowest BCUT2D eigenvalue weighted by Gasteiger charge is -2.36. The minimum absolute atomic E-state index is 0.0859. The molecule has 0 radical (unpaired) electrons. The molecule has 0 aliphatic carbocycles. The Balaban J connectivity index is 2.53. The Morgan fingerprint density at radius 2 is 1.95 bits per heavy atom. The molecule has 1 aliphatic heterocycles. The normalized spacial score (nSPS) is 20.5. The zero-order valence-corrected chi connectivity index (χ0v) is 13.8. The summed E-state index contributed by atoms with van der Waals surface area (Å²) in [6, 6.07) is 4.07. The lowest BCUT2D eigenvalue weighted by atomic mass is 10.2. The monoisotopic (exact) mass is 351 g/mol. The van der Waals surface area contributed by atoms with E-state index >= 15 is 0 Å². The van der Waals surface area contributed by atoms with E-state index in [1.165, 1.54) is 30.0 Å². The molecule has 21 heavy (non-hydrogen) atoms. The van der Waals surface area contributed by atoms with Gasteiger partial charge in [0, 0.05) is 24.3 Å². The van der Waals surface area contributed by atoms with Crippen LogP contribution in [0.1, 0.15) is 0 Å². The third-order valence-corrected chi connectivity index (χ3v) is 6.77. The van der Waals surface area contributed by atoms with Gasteiger partial charge in [-0.2, -0.15) is 11.8 Å². The van der Waals surface area contributed by atoms with Crippen molar-refractivity contribution in [2.75, 3.05) is 34.9 Å². The molecular formula is C11H17N3O4S3. The maximum atomic E-state index is 11.9. The Labute approximate surface area is 128 Å². The molecule has 1 heterocycles. The van der Waals surface area contributed by atoms with Crippen LogP contribution in [0.5, 0.6) is 0 Å². The lowest BCUT2D eigenvalue weighted by Crippen LogP contribution is -2.47. The second-order valence-corrected chi connectivity index (χ2v) is 9.73. The van der Waals surface area contributed by atoms with Crippen LogP contribution < -0.4 is 15.8 Å². The Hall–Kier alpha value is -0.970. The maximum Gasteiger partial charge on any atom is 0.238 e. The van der Waals surface area contributed by atoms with Crippen LogP contribution >= 0.6 is 11.8 Å². The SMILES string of the molecule is CS(=O)(=O)C1CSCCN1c1cc(S(N)(=O)=O)ccc1N. The van der Waals surface area contributed by atoms with Gasteiger partial charge in [-0.3, -0.25) is 0 Å². The third kappa shape index (κ3) is 3.62. The first-order valence-electron chi connectivity index (χ1n) is 6.06. The van der Waals surface area contributed by atoms with Gasteiger partial charge in [0.2, 0.25) is 10.0 Å². The smallest absolute Gasteiger partial charge is 0.238 e. The molecule has 118 valence electrons. The number of nitrogen functional groups attached to an aromatic ring is 1. The number of hydrogen-bond donors (Lipinski definition) is 2. The molecule has 0 aromatic heterocycles. The second-order valence-electron chi connectivity index (χ2n) is 4.82. The van der Waals surface area contributed by atoms with Gasteiger partial charge in [0.25, 0.3) is 0 Å². The predicted octanol–water partition coefficient (Wildman–Crippen LogP) is -0.160. The lowest BCUT2D eigenvalue weighted by molar-refractivity contribution is 0.584. The van der Waals surface area contributed by atoms with E-state index in [-0.39, 0.29) is 4.90 Å². The van der Waals surface area contributed by atoms with E-state index < -0.39 is 25.2 Å². The highest BCUT2D eigenvalue weighted by Gasteiger charge is 2.32. The molecule has 0 spiro atoms. The number of primary sulfonamides is 1. The Bertz CT molecular complexity index is 746. The number of nitrogens with two attached hydrogens (primary N) is 2. The number of benzene rings is 1. The number of sulfone groups is 1. The van der Waals surface area contributed by atoms with Crippen molar-refractivity contribution in [1.82, 2.24) is 0 Å². The molecule has 7 nitrogen and oxygen atoms in total. The van der Waals surface area contributed by atoms with Crippen molar-refractivity contribution in [3.05, 3.63) is 18.2 Å². The van der Waals surface area contributed by atoms with E-state index in [0.717, 1.165) is 12.0 Å². The molecule has 1 aromatic carbocycles. The van der Waals surface area contributed by atoms with Gasteiger partial charge < -0.3 is 10.6 Å². The number of anilines is 2. The van der Waals surface area contributed by atoms with Crippen molar-refractivity contribution in [3.63, 3.8) is 0 Å². The van der Waals surface area contributed by atoms with Gasteiger partial charge in [-0.1, -0.05) is 0 Å². The fraction of sp³-hybridized carbons (Fsp3) is 0.455. The summed E-state index contributed by atoms with van der Waals surface area (Å²) in [6.45, 7) is 0.473. The average Bonchev–Trinajstić information content (AvgIpc) is 2.37. The van der Waals surface area contributed by atoms with Crippen LogP contribution in [0, 0.1) is 0 Å². The summed E-state index contributed by atoms with van der Waals surface area (Å²) in [5.74, 6) is 1.16. The van der Waals surface area contributed by atoms with Crippen molar-refractivity contribution in [2.24, 2.45) is 5.14 Å². The molecule has 1 aliphatic rings. The molecule has 1 fully saturated rings. The summed E-state index contributed by atoms with van der Waals surface area (Å²) in [7, 11) is -7.19. The van der Waals surface area contributed by atoms with Crippen molar-refractivity contribution in [1.29, 1.82) is 0 Å². The van der Waals surface area contributed by atoms with Crippen molar-refractivity contribution in [3.8, 4) is 0 Å². The number of nitrogens with zero attached hydrogens (tertiary/aromatic N) is 1. The quantitative estimate of drug-likeness (QED) is 0.725. The standard InChI is InChI=1S/C11H17N3O4S3/c1-20(15,16)11-7-19-5-4-14(11)10-6-8(21(13,17)18)2-3-9(10)12/h2-3,6,11H,4-5,7,12H2,1H3,(H2,13,17,18). The van der Waals surface area contributed by atoms with E-state index in [9.17, 15) is 16.8 Å². The zero-order valence-electron chi connectivity index (χ0n) is 11.4. The van der Waals surface area contributed by atoms with E-state index in [1.807, 2.05) is 0 Å². The molecule has 1 unspecified atom stereocenters. The van der Waals surface area contributed by atoms with Gasteiger partial charge in [-0.15, -0.1) is 0 Å². The molecule has 10 heteroatoms. The molecule has 0 saturated carbocycles. The Morgan fingerprint density at radius 3 is 2.52 bits per heavy atom. The highest BCUT2D eigenvalue weighted by Crippen LogP contribution is 2.32. The van der Waals surface area contributed by atoms with Crippen LogP contribution in [0.3, 0.4) is 0 Å². The summed E-state index contributed by atoms with van der Waals surface area (Å²) in [6.07, 6.45) is 1.16. The van der Waals surface area contributed by atoms with Crippen LogP contribution in [0.15, 0.2) is 23.1 Å². The first-order valence-corrected chi connectivity index (χ1v) is 10.7. The van der Waals surface area contributed by atoms with E-state index in [4.69, 9.17) is 10.9 Å². The van der Waals surface area contributed by atoms with Crippen molar-refractivity contribution >= 4 is 43.0 Å². The summed E-state index contributed by atoms with van der Waals surface area (Å²) in [5.41, 5.74) is 6.60. The van der Waals surface area contributed by atoms with Gasteiger partial charge in [0.05, 0.1) is 16.3 Å². The average molecular weight is 351 g/mol. The maximum absolute atomic E-state index is 11.9. The molecule has 1 atom stereocenters. The number of rotatable bonds is 3. The van der Waals surface area contributed by atoms with Crippen molar-refractivity contribution < 1.29 is 16.8 Å². The van der Waals surface area contributed by atoms with Crippen LogP contribution in [0.25, 0.3) is 0 Å². The largest absolute Gasteiger partial charge is 0.397 e. The van der Waals surface area contributed by atoms with E-state index in [0.29, 0.717) is 23.7 Å². The number of sulfonamides is 1. The summed E-state index contributed by atoms with van der Waals surface area (Å²) in [4.78, 5) is 1.55. The summed E-state index contributed by atoms with van der Waals surface area (Å²) >= 11 is 1.54. The minimum atomic E-state index is -3.87. The molecule has 1 aromatic rings. The number of hydrogen-bond acceptors (Lipinski definition) is 7. The van der Waals surface area contributed by atoms with Gasteiger partial charge in [0.15, 0.2) is 9.84 Å². The molecule has 0 bridgehead atoms. The van der Waals surface area contributed by atoms with E-state index in [1.54, 1.807) is 4.90 Å². The fourth-order valence-electron chi connectivity index (χ4n) is 2.16. The Morgan fingerprint density at radius 1 is 1.29 bits per heavy atom. The van der Waals surface area contributed by atoms with Gasteiger partial charge in [-0.25, -0.2) is 22.0 Å². The molecule has 0 amide bonds. The van der Waals surface area contributed by atoms with Gasteiger partial charge in [-0.05, 0) is 18.2 Å². The molecule has 4 N–H and O–H groups in total. The molecule has 2 rings (SSSR count). The van der Waals surface area contributed by atoms with Crippen molar-refractivity contribution in [2.45, 2.75) is 10.3 Å². The Kier molecular flexibility index (Phi) is 4.43. The predicted molar refractivity (Wildman–Crippen MR) is 85.5 cm³/mol. The number of thioether (sulfide) groups is 1. The third-order valence-electron chi connectivity index (χ3n) is 3.22. The molecule has 1 saturated heterocycles. The first-order chi connectivity index (χ1) is 9.60. The minimum Gasteiger partial charge on any atom is -0.397 e. The van der Waals surface area contributed by atoms with Gasteiger partial charge in [0.1, 0.15) is 5.37 Å². The molecular weight excluding hydrogens is 334 g/mol. The topological polar surface area (TPSA) is 124 Å². The summed E-state index contributed by atoms with van der Waals surface area (Å²) in [5, 5.41) is 4.39. The van der Waals surface area contributed by atoms with Crippen LogP contribution in [0.4, 0.5) is 11.4 Å². The zero-order chi connectivity index (χ0) is 15.8. The van der Waals surface area contributed by atoms with Crippen LogP contribution in [-0.4, -0.2) is 46.5 Å². The first kappa shape index (κ1) is 16.4.